The first-order valence-corrected chi connectivity index (χ1v) is 5.89. The van der Waals surface area contributed by atoms with Crippen molar-refractivity contribution in [2.45, 2.75) is 38.2 Å². The van der Waals surface area contributed by atoms with Gasteiger partial charge in [-0.25, -0.2) is 4.98 Å². The van der Waals surface area contributed by atoms with Crippen molar-refractivity contribution in [3.8, 4) is 0 Å². The molecule has 68 valence electrons. The number of rotatable bonds is 2. The molecule has 0 saturated carbocycles. The third kappa shape index (κ3) is 3.59. The maximum Gasteiger partial charge on any atom is 0.0897 e. The highest BCUT2D eigenvalue weighted by atomic mass is 32.2. The van der Waals surface area contributed by atoms with E-state index in [0.29, 0.717) is 4.75 Å². The predicted molar refractivity (Wildman–Crippen MR) is 57.9 cm³/mol. The Hall–Kier alpha value is -0.0200. The van der Waals surface area contributed by atoms with Crippen molar-refractivity contribution >= 4 is 23.1 Å². The zero-order valence-corrected chi connectivity index (χ0v) is 9.68. The second-order valence-corrected chi connectivity index (χ2v) is 6.62. The van der Waals surface area contributed by atoms with E-state index in [0.717, 1.165) is 5.75 Å². The summed E-state index contributed by atoms with van der Waals surface area (Å²) in [7, 11) is 0. The van der Waals surface area contributed by atoms with Gasteiger partial charge in [0.1, 0.15) is 0 Å². The van der Waals surface area contributed by atoms with E-state index in [4.69, 9.17) is 0 Å². The Kier molecular flexibility index (Phi) is 3.18. The van der Waals surface area contributed by atoms with Crippen molar-refractivity contribution in [2.75, 3.05) is 0 Å². The third-order valence-corrected chi connectivity index (χ3v) is 3.45. The van der Waals surface area contributed by atoms with Gasteiger partial charge in [-0.1, -0.05) is 20.8 Å². The predicted octanol–water partition coefficient (Wildman–Crippen LogP) is 3.48. The Morgan fingerprint density at radius 1 is 1.50 bits per heavy atom. The smallest absolute Gasteiger partial charge is 0.0897 e. The van der Waals surface area contributed by atoms with Crippen LogP contribution in [0, 0.1) is 6.92 Å². The summed E-state index contributed by atoms with van der Waals surface area (Å²) < 4.78 is 0.345. The van der Waals surface area contributed by atoms with Crippen LogP contribution in [0.3, 0.4) is 0 Å². The molecule has 0 bridgehead atoms. The number of thiazole rings is 1. The summed E-state index contributed by atoms with van der Waals surface area (Å²) in [6.45, 7) is 8.75. The summed E-state index contributed by atoms with van der Waals surface area (Å²) in [5, 5.41) is 3.31. The summed E-state index contributed by atoms with van der Waals surface area (Å²) in [5.74, 6) is 1.04. The maximum atomic E-state index is 4.41. The summed E-state index contributed by atoms with van der Waals surface area (Å²) in [6, 6.07) is 0. The first kappa shape index (κ1) is 10.1. The number of thioether (sulfide) groups is 1. The highest BCUT2D eigenvalue weighted by Gasteiger charge is 2.11. The molecule has 1 nitrogen and oxygen atoms in total. The maximum absolute atomic E-state index is 4.41. The van der Waals surface area contributed by atoms with Crippen molar-refractivity contribution in [3.63, 3.8) is 0 Å². The second kappa shape index (κ2) is 3.79. The Balaban J connectivity index is 2.44. The van der Waals surface area contributed by atoms with Crippen molar-refractivity contribution in [2.24, 2.45) is 0 Å². The van der Waals surface area contributed by atoms with Crippen LogP contribution < -0.4 is 0 Å². The van der Waals surface area contributed by atoms with Gasteiger partial charge in [-0.2, -0.15) is 0 Å². The molecule has 1 aromatic rings. The zero-order valence-electron chi connectivity index (χ0n) is 8.05. The van der Waals surface area contributed by atoms with Crippen molar-refractivity contribution in [3.05, 3.63) is 16.1 Å². The lowest BCUT2D eigenvalue weighted by molar-refractivity contribution is 0.801. The molecule has 1 rings (SSSR count). The molecule has 0 radical (unpaired) electrons. The Morgan fingerprint density at radius 2 is 2.17 bits per heavy atom. The average molecular weight is 201 g/mol. The molecule has 0 N–H and O–H groups in total. The van der Waals surface area contributed by atoms with Crippen LogP contribution in [0.5, 0.6) is 0 Å². The summed E-state index contributed by atoms with van der Waals surface area (Å²) in [5.41, 5.74) is 1.22. The topological polar surface area (TPSA) is 12.9 Å². The van der Waals surface area contributed by atoms with Gasteiger partial charge in [-0.15, -0.1) is 23.1 Å². The highest BCUT2D eigenvalue weighted by molar-refractivity contribution is 7.99. The van der Waals surface area contributed by atoms with E-state index in [9.17, 15) is 0 Å². The molecule has 3 heteroatoms. The van der Waals surface area contributed by atoms with Gasteiger partial charge in [0.05, 0.1) is 10.7 Å². The van der Waals surface area contributed by atoms with Crippen molar-refractivity contribution in [1.29, 1.82) is 0 Å². The fourth-order valence-electron chi connectivity index (χ4n) is 0.765. The molecule has 1 heterocycles. The molecule has 0 unspecified atom stereocenters. The molecule has 0 aliphatic heterocycles. The van der Waals surface area contributed by atoms with Crippen molar-refractivity contribution in [1.82, 2.24) is 4.98 Å². The molecular formula is C9H15NS2. The minimum absolute atomic E-state index is 0.345. The molecule has 0 aliphatic carbocycles. The number of aromatic nitrogens is 1. The van der Waals surface area contributed by atoms with Crippen LogP contribution in [-0.2, 0) is 5.75 Å². The van der Waals surface area contributed by atoms with Crippen LogP contribution in [0.15, 0.2) is 5.38 Å². The average Bonchev–Trinajstić information content (AvgIpc) is 2.30. The number of nitrogens with zero attached hydrogens (tertiary/aromatic N) is 1. The number of aryl methyl sites for hydroxylation is 1. The van der Waals surface area contributed by atoms with Crippen LogP contribution >= 0.6 is 23.1 Å². The SMILES string of the molecule is Cc1nc(CSC(C)(C)C)cs1. The van der Waals surface area contributed by atoms with E-state index in [-0.39, 0.29) is 0 Å². The Labute approximate surface area is 82.6 Å². The largest absolute Gasteiger partial charge is 0.246 e. The first-order valence-electron chi connectivity index (χ1n) is 4.02. The zero-order chi connectivity index (χ0) is 9.19. The molecule has 1 aromatic heterocycles. The van der Waals surface area contributed by atoms with E-state index in [1.54, 1.807) is 11.3 Å². The lowest BCUT2D eigenvalue weighted by atomic mass is 10.3. The minimum Gasteiger partial charge on any atom is -0.246 e. The van der Waals surface area contributed by atoms with Gasteiger partial charge >= 0.3 is 0 Å². The van der Waals surface area contributed by atoms with E-state index >= 15 is 0 Å². The molecule has 0 fully saturated rings. The molecule has 0 amide bonds. The van der Waals surface area contributed by atoms with E-state index in [2.05, 4.69) is 38.1 Å². The molecule has 0 spiro atoms. The summed E-state index contributed by atoms with van der Waals surface area (Å²) in [4.78, 5) is 4.41. The van der Waals surface area contributed by atoms with Gasteiger partial charge in [-0.3, -0.25) is 0 Å². The van der Waals surface area contributed by atoms with Gasteiger partial charge in [-0.05, 0) is 6.92 Å². The quantitative estimate of drug-likeness (QED) is 0.726. The summed E-state index contributed by atoms with van der Waals surface area (Å²) in [6.07, 6.45) is 0. The monoisotopic (exact) mass is 201 g/mol. The summed E-state index contributed by atoms with van der Waals surface area (Å²) >= 11 is 3.67. The van der Waals surface area contributed by atoms with E-state index in [1.165, 1.54) is 10.7 Å². The van der Waals surface area contributed by atoms with Gasteiger partial charge < -0.3 is 0 Å². The van der Waals surface area contributed by atoms with Gasteiger partial charge in [0, 0.05) is 15.9 Å². The van der Waals surface area contributed by atoms with Crippen molar-refractivity contribution < 1.29 is 0 Å². The van der Waals surface area contributed by atoms with Crippen LogP contribution in [0.25, 0.3) is 0 Å². The fourth-order valence-corrected chi connectivity index (χ4v) is 2.21. The second-order valence-electron chi connectivity index (χ2n) is 3.76. The fraction of sp³-hybridized carbons (Fsp3) is 0.667. The van der Waals surface area contributed by atoms with Crippen LogP contribution in [0.1, 0.15) is 31.5 Å². The normalized spacial score (nSPS) is 12.0. The molecule has 0 atom stereocenters. The lowest BCUT2D eigenvalue weighted by Crippen LogP contribution is -2.07. The molecule has 12 heavy (non-hydrogen) atoms. The standard InChI is InChI=1S/C9H15NS2/c1-7-10-8(5-11-7)6-12-9(2,3)4/h5H,6H2,1-4H3. The highest BCUT2D eigenvalue weighted by Crippen LogP contribution is 2.27. The van der Waals surface area contributed by atoms with Gasteiger partial charge in [0.2, 0.25) is 0 Å². The first-order chi connectivity index (χ1) is 5.47. The van der Waals surface area contributed by atoms with Crippen LogP contribution in [0.4, 0.5) is 0 Å². The number of hydrogen-bond acceptors (Lipinski definition) is 3. The third-order valence-electron chi connectivity index (χ3n) is 1.32. The Bertz CT molecular complexity index is 247. The molecule has 0 saturated heterocycles. The molecular weight excluding hydrogens is 186 g/mol. The van der Waals surface area contributed by atoms with Crippen LogP contribution in [0.2, 0.25) is 0 Å². The lowest BCUT2D eigenvalue weighted by Gasteiger charge is -2.16. The van der Waals surface area contributed by atoms with E-state index < -0.39 is 0 Å². The molecule has 0 aliphatic rings. The van der Waals surface area contributed by atoms with Gasteiger partial charge in [0.15, 0.2) is 0 Å². The molecule has 0 aromatic carbocycles. The minimum atomic E-state index is 0.345. The Morgan fingerprint density at radius 3 is 2.58 bits per heavy atom. The van der Waals surface area contributed by atoms with Crippen LogP contribution in [-0.4, -0.2) is 9.73 Å². The van der Waals surface area contributed by atoms with E-state index in [1.807, 2.05) is 11.8 Å². The number of hydrogen-bond donors (Lipinski definition) is 0. The van der Waals surface area contributed by atoms with Gasteiger partial charge in [0.25, 0.3) is 0 Å².